The summed E-state index contributed by atoms with van der Waals surface area (Å²) in [5.41, 5.74) is -0.0720. The molecule has 1 aliphatic heterocycles. The fourth-order valence-electron chi connectivity index (χ4n) is 3.60. The van der Waals surface area contributed by atoms with Crippen molar-refractivity contribution in [2.75, 3.05) is 11.9 Å². The largest absolute Gasteiger partial charge is 0.325 e. The van der Waals surface area contributed by atoms with Crippen LogP contribution in [0, 0.1) is 22.0 Å². The van der Waals surface area contributed by atoms with Gasteiger partial charge in [0.2, 0.25) is 17.7 Å². The molecule has 3 rings (SSSR count). The Hall–Kier alpha value is -2.48. The number of nitrogens with zero attached hydrogens (tertiary/aromatic N) is 2. The van der Waals surface area contributed by atoms with Crippen molar-refractivity contribution in [2.24, 2.45) is 11.8 Å². The molecule has 9 heteroatoms. The van der Waals surface area contributed by atoms with E-state index < -0.39 is 10.8 Å². The van der Waals surface area contributed by atoms with Gasteiger partial charge < -0.3 is 5.32 Å². The summed E-state index contributed by atoms with van der Waals surface area (Å²) in [6.45, 7) is 0.00302. The van der Waals surface area contributed by atoms with E-state index in [2.05, 4.69) is 5.32 Å². The minimum Gasteiger partial charge on any atom is -0.325 e. The Balaban J connectivity index is 1.61. The van der Waals surface area contributed by atoms with Crippen LogP contribution < -0.4 is 5.32 Å². The smallest absolute Gasteiger partial charge is 0.271 e. The van der Waals surface area contributed by atoms with E-state index in [-0.39, 0.29) is 53.0 Å². The lowest BCUT2D eigenvalue weighted by molar-refractivity contribution is -0.384. The van der Waals surface area contributed by atoms with E-state index in [1.807, 2.05) is 0 Å². The van der Waals surface area contributed by atoms with Crippen molar-refractivity contribution in [3.8, 4) is 0 Å². The Morgan fingerprint density at radius 3 is 2.42 bits per heavy atom. The van der Waals surface area contributed by atoms with E-state index in [0.29, 0.717) is 0 Å². The predicted octanol–water partition coefficient (Wildman–Crippen LogP) is 2.75. The number of hydrogen-bond donors (Lipinski definition) is 1. The Bertz CT molecular complexity index is 758. The Morgan fingerprint density at radius 2 is 1.85 bits per heavy atom. The molecule has 0 aromatic heterocycles. The van der Waals surface area contributed by atoms with Gasteiger partial charge in [0.1, 0.15) is 0 Å². The van der Waals surface area contributed by atoms with Gasteiger partial charge >= 0.3 is 0 Å². The van der Waals surface area contributed by atoms with Crippen molar-refractivity contribution >= 4 is 40.7 Å². The van der Waals surface area contributed by atoms with Gasteiger partial charge in [-0.15, -0.1) is 0 Å². The quantitative estimate of drug-likeness (QED) is 0.480. The molecule has 26 heavy (non-hydrogen) atoms. The van der Waals surface area contributed by atoms with E-state index in [4.69, 9.17) is 11.6 Å². The number of imide groups is 1. The van der Waals surface area contributed by atoms with E-state index in [1.54, 1.807) is 0 Å². The Kier molecular flexibility index (Phi) is 5.22. The maximum Gasteiger partial charge on any atom is 0.271 e. The zero-order chi connectivity index (χ0) is 18.8. The average molecular weight is 380 g/mol. The van der Waals surface area contributed by atoms with Gasteiger partial charge in [0.05, 0.1) is 27.5 Å². The number of carbonyl (C=O) groups excluding carboxylic acids is 3. The second kappa shape index (κ2) is 7.41. The van der Waals surface area contributed by atoms with Gasteiger partial charge in [-0.25, -0.2) is 0 Å². The molecule has 1 N–H and O–H groups in total. The van der Waals surface area contributed by atoms with Crippen LogP contribution in [0.3, 0.4) is 0 Å². The van der Waals surface area contributed by atoms with Crippen molar-refractivity contribution in [1.29, 1.82) is 0 Å². The molecule has 1 aromatic carbocycles. The third-order valence-electron chi connectivity index (χ3n) is 4.93. The number of nitrogens with one attached hydrogen (secondary N) is 1. The topological polar surface area (TPSA) is 110 Å². The number of rotatable bonds is 5. The molecule has 1 aliphatic carbocycles. The maximum atomic E-state index is 12.4. The number of carbonyl (C=O) groups is 3. The lowest BCUT2D eigenvalue weighted by Crippen LogP contribution is -2.34. The molecule has 1 aromatic rings. The number of nitro benzene ring substituents is 1. The van der Waals surface area contributed by atoms with Gasteiger partial charge in [-0.1, -0.05) is 24.4 Å². The van der Waals surface area contributed by atoms with Crippen LogP contribution in [0.2, 0.25) is 5.02 Å². The lowest BCUT2D eigenvalue weighted by atomic mass is 9.81. The molecule has 3 amide bonds. The number of halogens is 1. The lowest BCUT2D eigenvalue weighted by Gasteiger charge is -2.19. The van der Waals surface area contributed by atoms with Crippen LogP contribution >= 0.6 is 11.6 Å². The first-order chi connectivity index (χ1) is 12.4. The molecule has 1 saturated heterocycles. The van der Waals surface area contributed by atoms with Crippen molar-refractivity contribution in [2.45, 2.75) is 32.1 Å². The van der Waals surface area contributed by atoms with E-state index >= 15 is 0 Å². The Labute approximate surface area is 154 Å². The summed E-state index contributed by atoms with van der Waals surface area (Å²) in [5.74, 6) is -1.35. The van der Waals surface area contributed by atoms with E-state index in [9.17, 15) is 24.5 Å². The molecule has 0 unspecified atom stereocenters. The summed E-state index contributed by atoms with van der Waals surface area (Å²) in [6.07, 6.45) is 3.25. The van der Waals surface area contributed by atoms with Crippen LogP contribution in [0.4, 0.5) is 11.4 Å². The minimum atomic E-state index is -0.588. The highest BCUT2D eigenvalue weighted by molar-refractivity contribution is 6.33. The average Bonchev–Trinajstić information content (AvgIpc) is 2.86. The van der Waals surface area contributed by atoms with Crippen molar-refractivity contribution in [3.63, 3.8) is 0 Å². The van der Waals surface area contributed by atoms with Crippen LogP contribution in [-0.4, -0.2) is 34.1 Å². The first kappa shape index (κ1) is 18.3. The van der Waals surface area contributed by atoms with Gasteiger partial charge in [0.15, 0.2) is 0 Å². The molecule has 2 aliphatic rings. The summed E-state index contributed by atoms with van der Waals surface area (Å²) in [7, 11) is 0. The molecule has 2 fully saturated rings. The molecule has 0 spiro atoms. The molecule has 0 radical (unpaired) electrons. The molecular formula is C17H18ClN3O5. The van der Waals surface area contributed by atoms with E-state index in [1.165, 1.54) is 23.1 Å². The molecule has 2 atom stereocenters. The first-order valence-electron chi connectivity index (χ1n) is 8.47. The highest BCUT2D eigenvalue weighted by Crippen LogP contribution is 2.38. The molecule has 0 bridgehead atoms. The molecule has 138 valence electrons. The molecule has 1 heterocycles. The van der Waals surface area contributed by atoms with Gasteiger partial charge in [-0.3, -0.25) is 29.4 Å². The zero-order valence-corrected chi connectivity index (χ0v) is 14.7. The second-order valence-corrected chi connectivity index (χ2v) is 6.95. The van der Waals surface area contributed by atoms with Crippen LogP contribution in [0.1, 0.15) is 32.1 Å². The maximum absolute atomic E-state index is 12.4. The minimum absolute atomic E-state index is 0.00302. The number of non-ortho nitro benzene ring substituents is 1. The normalized spacial score (nSPS) is 22.3. The number of benzene rings is 1. The Morgan fingerprint density at radius 1 is 1.23 bits per heavy atom. The van der Waals surface area contributed by atoms with E-state index in [0.717, 1.165) is 25.7 Å². The SMILES string of the molecule is O=C(CCN1C(=O)[C@H]2CCCC[C@H]2C1=O)Nc1cc([N+](=O)[O-])ccc1Cl. The van der Waals surface area contributed by atoms with Gasteiger partial charge in [0, 0.05) is 25.1 Å². The van der Waals surface area contributed by atoms with Crippen LogP contribution in [0.25, 0.3) is 0 Å². The second-order valence-electron chi connectivity index (χ2n) is 6.54. The fraction of sp³-hybridized carbons (Fsp3) is 0.471. The zero-order valence-electron chi connectivity index (χ0n) is 13.9. The van der Waals surface area contributed by atoms with Crippen LogP contribution in [0.5, 0.6) is 0 Å². The van der Waals surface area contributed by atoms with Crippen molar-refractivity contribution < 1.29 is 19.3 Å². The number of nitro groups is 1. The standard InChI is InChI=1S/C17H18ClN3O5/c18-13-6-5-10(21(25)26)9-14(13)19-15(22)7-8-20-16(23)11-3-1-2-4-12(11)17(20)24/h5-6,9,11-12H,1-4,7-8H2,(H,19,22)/t11-,12+. The summed E-state index contributed by atoms with van der Waals surface area (Å²) < 4.78 is 0. The fourth-order valence-corrected chi connectivity index (χ4v) is 3.76. The highest BCUT2D eigenvalue weighted by Gasteiger charge is 2.47. The summed E-state index contributed by atoms with van der Waals surface area (Å²) >= 11 is 5.95. The highest BCUT2D eigenvalue weighted by atomic mass is 35.5. The van der Waals surface area contributed by atoms with Crippen LogP contribution in [-0.2, 0) is 14.4 Å². The molecular weight excluding hydrogens is 362 g/mol. The predicted molar refractivity (Wildman–Crippen MR) is 93.5 cm³/mol. The third-order valence-corrected chi connectivity index (χ3v) is 5.26. The summed E-state index contributed by atoms with van der Waals surface area (Å²) in [4.78, 5) is 48.3. The third kappa shape index (κ3) is 3.55. The van der Waals surface area contributed by atoms with Crippen molar-refractivity contribution in [1.82, 2.24) is 4.90 Å². The van der Waals surface area contributed by atoms with Gasteiger partial charge in [-0.05, 0) is 18.9 Å². The number of anilines is 1. The molecule has 8 nitrogen and oxygen atoms in total. The van der Waals surface area contributed by atoms with Gasteiger partial charge in [0.25, 0.3) is 5.69 Å². The van der Waals surface area contributed by atoms with Gasteiger partial charge in [-0.2, -0.15) is 0 Å². The number of likely N-dealkylation sites (tertiary alicyclic amines) is 1. The molecule has 1 saturated carbocycles. The number of fused-ring (bicyclic) bond motifs is 1. The first-order valence-corrected chi connectivity index (χ1v) is 8.85. The van der Waals surface area contributed by atoms with Crippen molar-refractivity contribution in [3.05, 3.63) is 33.3 Å². The summed E-state index contributed by atoms with van der Waals surface area (Å²) in [6, 6.07) is 3.73. The van der Waals surface area contributed by atoms with Crippen LogP contribution in [0.15, 0.2) is 18.2 Å². The monoisotopic (exact) mass is 379 g/mol. The number of amides is 3. The number of hydrogen-bond acceptors (Lipinski definition) is 5. The summed E-state index contributed by atoms with van der Waals surface area (Å²) in [5, 5.41) is 13.5.